The highest BCUT2D eigenvalue weighted by Crippen LogP contribution is 2.32. The Morgan fingerprint density at radius 2 is 1.71 bits per heavy atom. The van der Waals surface area contributed by atoms with Crippen LogP contribution in [0, 0.1) is 0 Å². The van der Waals surface area contributed by atoms with Crippen LogP contribution in [0.3, 0.4) is 0 Å². The van der Waals surface area contributed by atoms with Crippen molar-refractivity contribution < 1.29 is 9.53 Å². The van der Waals surface area contributed by atoms with E-state index in [1.165, 1.54) is 18.5 Å². The summed E-state index contributed by atoms with van der Waals surface area (Å²) in [6, 6.07) is 14.4. The Morgan fingerprint density at radius 1 is 0.952 bits per heavy atom. The van der Waals surface area contributed by atoms with Crippen molar-refractivity contribution in [1.82, 2.24) is 24.1 Å². The van der Waals surface area contributed by atoms with Gasteiger partial charge in [-0.15, -0.1) is 0 Å². The van der Waals surface area contributed by atoms with Crippen LogP contribution in [-0.2, 0) is 0 Å². The number of amides is 2. The van der Waals surface area contributed by atoms with E-state index in [1.54, 1.807) is 6.33 Å². The molecular weight excluding hydrogens is 546 g/mol. The Balaban J connectivity index is 0.978. The number of nitrogens with one attached hydrogen (secondary N) is 1. The van der Waals surface area contributed by atoms with Crippen LogP contribution in [0.25, 0.3) is 10.9 Å². The largest absolute Gasteiger partial charge is 0.493 e. The number of carbonyl (C=O) groups excluding carboxylic acids is 1. The fourth-order valence-electron chi connectivity index (χ4n) is 6.38. The minimum Gasteiger partial charge on any atom is -0.493 e. The number of piperazine rings is 1. The molecule has 4 heterocycles. The van der Waals surface area contributed by atoms with Crippen LogP contribution in [-0.4, -0.2) is 102 Å². The molecule has 3 saturated heterocycles. The lowest BCUT2D eigenvalue weighted by Gasteiger charge is -2.33. The highest BCUT2D eigenvalue weighted by Gasteiger charge is 2.26. The van der Waals surface area contributed by atoms with Crippen molar-refractivity contribution in [3.63, 3.8) is 0 Å². The van der Waals surface area contributed by atoms with E-state index in [2.05, 4.69) is 48.9 Å². The number of hydrogen-bond acceptors (Lipinski definition) is 8. The van der Waals surface area contributed by atoms with Crippen LogP contribution in [0.5, 0.6) is 5.75 Å². The number of rotatable bonds is 9. The summed E-state index contributed by atoms with van der Waals surface area (Å²) in [5.41, 5.74) is 4.08. The lowest BCUT2D eigenvalue weighted by atomic mass is 9.91. The molecule has 3 fully saturated rings. The Kier molecular flexibility index (Phi) is 9.62. The fourth-order valence-corrected chi connectivity index (χ4v) is 6.90. The Labute approximate surface area is 253 Å². The van der Waals surface area contributed by atoms with Crippen LogP contribution in [0.1, 0.15) is 43.7 Å². The molecule has 0 aliphatic carbocycles. The number of ether oxygens (including phenoxy) is 1. The second-order valence-electron chi connectivity index (χ2n) is 11.5. The van der Waals surface area contributed by atoms with Crippen molar-refractivity contribution in [3.05, 3.63) is 54.5 Å². The number of piperidine rings is 1. The Morgan fingerprint density at radius 3 is 2.45 bits per heavy atom. The highest BCUT2D eigenvalue weighted by molar-refractivity contribution is 7.96. The van der Waals surface area contributed by atoms with Gasteiger partial charge in [0.05, 0.1) is 17.8 Å². The van der Waals surface area contributed by atoms with Gasteiger partial charge >= 0.3 is 6.03 Å². The zero-order valence-electron chi connectivity index (χ0n) is 24.7. The molecule has 3 aliphatic heterocycles. The molecule has 3 aliphatic rings. The topological polar surface area (TPSA) is 77.1 Å². The van der Waals surface area contributed by atoms with Crippen molar-refractivity contribution in [2.24, 2.45) is 0 Å². The molecule has 0 bridgehead atoms. The molecule has 3 aromatic rings. The quantitative estimate of drug-likeness (QED) is 0.266. The molecule has 1 aromatic heterocycles. The van der Waals surface area contributed by atoms with Gasteiger partial charge in [-0.05, 0) is 74.8 Å². The van der Waals surface area contributed by atoms with Gasteiger partial charge < -0.3 is 24.8 Å². The van der Waals surface area contributed by atoms with Gasteiger partial charge in [0.25, 0.3) is 0 Å². The predicted molar refractivity (Wildman–Crippen MR) is 172 cm³/mol. The van der Waals surface area contributed by atoms with Gasteiger partial charge in [-0.25, -0.2) is 19.1 Å². The normalized spacial score (nSPS) is 19.0. The number of anilines is 2. The van der Waals surface area contributed by atoms with E-state index in [0.29, 0.717) is 25.6 Å². The van der Waals surface area contributed by atoms with Gasteiger partial charge in [-0.3, -0.25) is 0 Å². The zero-order chi connectivity index (χ0) is 28.7. The van der Waals surface area contributed by atoms with E-state index < -0.39 is 0 Å². The first-order chi connectivity index (χ1) is 20.7. The summed E-state index contributed by atoms with van der Waals surface area (Å²) in [5.74, 6) is 1.16. The average Bonchev–Trinajstić information content (AvgIpc) is 3.59. The molecule has 0 spiro atoms. The molecule has 0 unspecified atom stereocenters. The summed E-state index contributed by atoms with van der Waals surface area (Å²) in [6.45, 7) is 9.97. The minimum absolute atomic E-state index is 0.0288. The van der Waals surface area contributed by atoms with Crippen molar-refractivity contribution in [3.8, 4) is 5.75 Å². The minimum atomic E-state index is -0.0288. The first kappa shape index (κ1) is 29.0. The summed E-state index contributed by atoms with van der Waals surface area (Å²) < 4.78 is 8.52. The van der Waals surface area contributed by atoms with Crippen molar-refractivity contribution in [2.75, 3.05) is 82.0 Å². The second kappa shape index (κ2) is 13.9. The smallest absolute Gasteiger partial charge is 0.321 e. The first-order valence-electron chi connectivity index (χ1n) is 15.5. The maximum absolute atomic E-state index is 13.0. The van der Waals surface area contributed by atoms with Gasteiger partial charge in [-0.2, -0.15) is 0 Å². The molecule has 2 aromatic carbocycles. The maximum atomic E-state index is 13.0. The first-order valence-corrected chi connectivity index (χ1v) is 16.6. The molecule has 224 valence electrons. The van der Waals surface area contributed by atoms with E-state index in [4.69, 9.17) is 9.72 Å². The molecule has 1 N–H and O–H groups in total. The summed E-state index contributed by atoms with van der Waals surface area (Å²) in [4.78, 5) is 29.1. The standard InChI is InChI=1S/C32H43N7O2S/c1-42-39-20-18-36(19-21-39)13-4-22-41-28-9-10-29-30(23-28)33-24-34-31(29)25-11-16-38(17-12-25)32(40)35-26-5-7-27(8-6-26)37-14-2-3-15-37/h5-10,23-25H,2-4,11-22H2,1H3,(H,35,40). The summed E-state index contributed by atoms with van der Waals surface area (Å²) in [6.07, 6.45) is 9.12. The number of nitrogens with zero attached hydrogens (tertiary/aromatic N) is 6. The van der Waals surface area contributed by atoms with Crippen LogP contribution in [0.15, 0.2) is 48.8 Å². The van der Waals surface area contributed by atoms with Gasteiger partial charge in [-0.1, -0.05) is 11.9 Å². The Hall–Kier alpha value is -3.08. The molecule has 9 nitrogen and oxygen atoms in total. The third-order valence-corrected chi connectivity index (χ3v) is 9.76. The molecule has 0 atom stereocenters. The summed E-state index contributed by atoms with van der Waals surface area (Å²) in [5, 5.41) is 4.17. The summed E-state index contributed by atoms with van der Waals surface area (Å²) in [7, 11) is 0. The molecule has 10 heteroatoms. The van der Waals surface area contributed by atoms with Crippen LogP contribution < -0.4 is 15.0 Å². The lowest BCUT2D eigenvalue weighted by Crippen LogP contribution is -2.43. The third-order valence-electron chi connectivity index (χ3n) is 8.87. The highest BCUT2D eigenvalue weighted by atomic mass is 32.2. The fraction of sp³-hybridized carbons (Fsp3) is 0.531. The molecular formula is C32H43N7O2S. The SMILES string of the molecule is CSN1CCN(CCCOc2ccc3c(C4CCN(C(=O)Nc5ccc(N6CCCC6)cc5)CC4)ncnc3c2)CC1. The van der Waals surface area contributed by atoms with Crippen LogP contribution in [0.2, 0.25) is 0 Å². The maximum Gasteiger partial charge on any atom is 0.321 e. The van der Waals surface area contributed by atoms with E-state index in [0.717, 1.165) is 93.1 Å². The van der Waals surface area contributed by atoms with Gasteiger partial charge in [0.2, 0.25) is 0 Å². The second-order valence-corrected chi connectivity index (χ2v) is 12.4. The van der Waals surface area contributed by atoms with Crippen molar-refractivity contribution in [2.45, 2.75) is 38.0 Å². The molecule has 0 saturated carbocycles. The van der Waals surface area contributed by atoms with Gasteiger partial charge in [0.15, 0.2) is 0 Å². The molecule has 0 radical (unpaired) electrons. The van der Waals surface area contributed by atoms with Crippen LogP contribution in [0.4, 0.5) is 16.2 Å². The van der Waals surface area contributed by atoms with E-state index in [1.807, 2.05) is 41.1 Å². The molecule has 2 amide bonds. The number of urea groups is 1. The number of hydrogen-bond donors (Lipinski definition) is 1. The summed E-state index contributed by atoms with van der Waals surface area (Å²) >= 11 is 1.84. The molecule has 42 heavy (non-hydrogen) atoms. The number of aromatic nitrogens is 2. The zero-order valence-corrected chi connectivity index (χ0v) is 25.5. The number of fused-ring (bicyclic) bond motifs is 1. The van der Waals surface area contributed by atoms with Crippen molar-refractivity contribution >= 4 is 40.3 Å². The number of likely N-dealkylation sites (tertiary alicyclic amines) is 1. The van der Waals surface area contributed by atoms with E-state index in [9.17, 15) is 4.79 Å². The van der Waals surface area contributed by atoms with Gasteiger partial charge in [0.1, 0.15) is 12.1 Å². The number of carbonyl (C=O) groups is 1. The monoisotopic (exact) mass is 589 g/mol. The van der Waals surface area contributed by atoms with E-state index in [-0.39, 0.29) is 6.03 Å². The average molecular weight is 590 g/mol. The third kappa shape index (κ3) is 7.10. The van der Waals surface area contributed by atoms with Gasteiger partial charge in [0, 0.05) is 87.6 Å². The van der Waals surface area contributed by atoms with E-state index >= 15 is 0 Å². The molecule has 6 rings (SSSR count). The van der Waals surface area contributed by atoms with Crippen LogP contribution >= 0.6 is 11.9 Å². The predicted octanol–water partition coefficient (Wildman–Crippen LogP) is 5.31. The number of benzene rings is 2. The Bertz CT molecular complexity index is 1320. The lowest BCUT2D eigenvalue weighted by molar-refractivity contribution is 0.181. The van der Waals surface area contributed by atoms with Crippen molar-refractivity contribution in [1.29, 1.82) is 0 Å².